The average molecular weight is 167 g/mol. The molecular weight excluding hydrogens is 161 g/mol. The van der Waals surface area contributed by atoms with Crippen molar-refractivity contribution in [3.05, 3.63) is 12.3 Å². The number of nitrogens with zero attached hydrogens (tertiary/aromatic N) is 1. The SMILES string of the molecule is CN1NC=[C]C1OC(F)(F)F. The highest BCUT2D eigenvalue weighted by atomic mass is 19.4. The predicted molar refractivity (Wildman–Crippen MR) is 29.6 cm³/mol. The Bertz CT molecular complexity index is 168. The fourth-order valence-corrected chi connectivity index (χ4v) is 0.630. The molecule has 1 atom stereocenters. The molecule has 1 unspecified atom stereocenters. The van der Waals surface area contributed by atoms with Crippen LogP contribution in [0.25, 0.3) is 0 Å². The van der Waals surface area contributed by atoms with E-state index in [2.05, 4.69) is 16.2 Å². The van der Waals surface area contributed by atoms with Crippen LogP contribution in [0.3, 0.4) is 0 Å². The summed E-state index contributed by atoms with van der Waals surface area (Å²) in [6.45, 7) is 0. The first kappa shape index (κ1) is 8.35. The van der Waals surface area contributed by atoms with E-state index >= 15 is 0 Å². The van der Waals surface area contributed by atoms with Gasteiger partial charge in [-0.25, -0.2) is 0 Å². The van der Waals surface area contributed by atoms with E-state index in [-0.39, 0.29) is 0 Å². The minimum absolute atomic E-state index is 1.15. The zero-order valence-electron chi connectivity index (χ0n) is 5.64. The number of nitrogens with one attached hydrogen (secondary N) is 1. The van der Waals surface area contributed by atoms with Crippen molar-refractivity contribution in [1.82, 2.24) is 10.4 Å². The number of hydrogen-bond donors (Lipinski definition) is 1. The molecule has 1 rings (SSSR count). The second kappa shape index (κ2) is 2.71. The summed E-state index contributed by atoms with van der Waals surface area (Å²) in [7, 11) is 1.42. The number of halogens is 3. The largest absolute Gasteiger partial charge is 0.524 e. The van der Waals surface area contributed by atoms with E-state index in [1.54, 1.807) is 0 Å². The van der Waals surface area contributed by atoms with Crippen LogP contribution in [0.4, 0.5) is 13.2 Å². The Morgan fingerprint density at radius 3 is 2.64 bits per heavy atom. The van der Waals surface area contributed by atoms with E-state index in [0.717, 1.165) is 5.01 Å². The third kappa shape index (κ3) is 2.39. The van der Waals surface area contributed by atoms with Gasteiger partial charge in [0.05, 0.1) is 0 Å². The molecule has 6 heteroatoms. The second-order valence-corrected chi connectivity index (χ2v) is 1.97. The maximum absolute atomic E-state index is 11.6. The Balaban J connectivity index is 2.43. The van der Waals surface area contributed by atoms with Crippen LogP contribution in [0.1, 0.15) is 0 Å². The van der Waals surface area contributed by atoms with Crippen LogP contribution in [-0.4, -0.2) is 24.6 Å². The number of likely N-dealkylation sites (N-methyl/N-ethyl adjacent to an activating group) is 1. The molecule has 0 aliphatic carbocycles. The van der Waals surface area contributed by atoms with Gasteiger partial charge in [0.1, 0.15) is 0 Å². The molecule has 0 bridgehead atoms. The third-order valence-electron chi connectivity index (χ3n) is 1.09. The van der Waals surface area contributed by atoms with Gasteiger partial charge in [-0.3, -0.25) is 4.74 Å². The molecule has 0 aromatic rings. The molecule has 1 heterocycles. The van der Waals surface area contributed by atoms with Gasteiger partial charge in [-0.05, 0) is 0 Å². The predicted octanol–water partition coefficient (Wildman–Crippen LogP) is 0.616. The lowest BCUT2D eigenvalue weighted by Gasteiger charge is -2.19. The standard InChI is InChI=1S/C5H6F3N2O/c1-10-4(2-3-9-10)11-5(6,7)8/h3-4,9H,1H3. The smallest absolute Gasteiger partial charge is 0.323 e. The molecule has 63 valence electrons. The van der Waals surface area contributed by atoms with Crippen LogP contribution in [-0.2, 0) is 4.74 Å². The third-order valence-corrected chi connectivity index (χ3v) is 1.09. The molecule has 1 aliphatic rings. The average Bonchev–Trinajstić information content (AvgIpc) is 2.12. The highest BCUT2D eigenvalue weighted by Gasteiger charge is 2.35. The molecule has 1 N–H and O–H groups in total. The summed E-state index contributed by atoms with van der Waals surface area (Å²) >= 11 is 0. The summed E-state index contributed by atoms with van der Waals surface area (Å²) in [4.78, 5) is 0. The number of rotatable bonds is 1. The molecule has 11 heavy (non-hydrogen) atoms. The topological polar surface area (TPSA) is 24.5 Å². The lowest BCUT2D eigenvalue weighted by molar-refractivity contribution is -0.352. The van der Waals surface area contributed by atoms with E-state index < -0.39 is 12.6 Å². The molecule has 1 radical (unpaired) electrons. The van der Waals surface area contributed by atoms with E-state index in [1.807, 2.05) is 0 Å². The van der Waals surface area contributed by atoms with Crippen LogP contribution >= 0.6 is 0 Å². The fraction of sp³-hybridized carbons (Fsp3) is 0.600. The van der Waals surface area contributed by atoms with Crippen LogP contribution in [0.2, 0.25) is 0 Å². The zero-order chi connectivity index (χ0) is 8.48. The van der Waals surface area contributed by atoms with Gasteiger partial charge < -0.3 is 5.43 Å². The maximum Gasteiger partial charge on any atom is 0.524 e. The number of alkyl halides is 3. The summed E-state index contributed by atoms with van der Waals surface area (Å²) in [6, 6.07) is 0. The minimum Gasteiger partial charge on any atom is -0.323 e. The van der Waals surface area contributed by atoms with Gasteiger partial charge in [0, 0.05) is 19.3 Å². The zero-order valence-corrected chi connectivity index (χ0v) is 5.64. The van der Waals surface area contributed by atoms with Crippen molar-refractivity contribution in [2.75, 3.05) is 7.05 Å². The quantitative estimate of drug-likeness (QED) is 0.619. The summed E-state index contributed by atoms with van der Waals surface area (Å²) in [5.74, 6) is 0. The Morgan fingerprint density at radius 2 is 2.27 bits per heavy atom. The van der Waals surface area contributed by atoms with Crippen molar-refractivity contribution in [2.24, 2.45) is 0 Å². The molecule has 0 amide bonds. The molecule has 0 spiro atoms. The summed E-state index contributed by atoms with van der Waals surface area (Å²) < 4.78 is 38.3. The van der Waals surface area contributed by atoms with Gasteiger partial charge >= 0.3 is 6.36 Å². The van der Waals surface area contributed by atoms with Crippen molar-refractivity contribution >= 4 is 0 Å². The van der Waals surface area contributed by atoms with Gasteiger partial charge in [0.2, 0.25) is 0 Å². The van der Waals surface area contributed by atoms with Crippen LogP contribution < -0.4 is 5.43 Å². The summed E-state index contributed by atoms with van der Waals surface area (Å²) in [5, 5.41) is 1.15. The molecule has 0 aromatic heterocycles. The number of hydrazine groups is 1. The molecule has 0 fully saturated rings. The maximum atomic E-state index is 11.6. The van der Waals surface area contributed by atoms with Crippen molar-refractivity contribution in [2.45, 2.75) is 12.6 Å². The highest BCUT2D eigenvalue weighted by molar-refractivity contribution is 4.84. The van der Waals surface area contributed by atoms with Crippen molar-refractivity contribution in [1.29, 1.82) is 0 Å². The molecule has 0 saturated carbocycles. The van der Waals surface area contributed by atoms with Crippen LogP contribution in [0.5, 0.6) is 0 Å². The monoisotopic (exact) mass is 167 g/mol. The molecule has 0 aromatic carbocycles. The van der Waals surface area contributed by atoms with E-state index in [0.29, 0.717) is 0 Å². The van der Waals surface area contributed by atoms with E-state index in [4.69, 9.17) is 0 Å². The van der Waals surface area contributed by atoms with Gasteiger partial charge in [0.15, 0.2) is 6.23 Å². The lowest BCUT2D eigenvalue weighted by atomic mass is 10.5. The van der Waals surface area contributed by atoms with Crippen molar-refractivity contribution < 1.29 is 17.9 Å². The first-order valence-electron chi connectivity index (χ1n) is 2.80. The van der Waals surface area contributed by atoms with Crippen molar-refractivity contribution in [3.8, 4) is 0 Å². The molecule has 1 aliphatic heterocycles. The fourth-order valence-electron chi connectivity index (χ4n) is 0.630. The van der Waals surface area contributed by atoms with Gasteiger partial charge in [-0.2, -0.15) is 5.01 Å². The summed E-state index contributed by atoms with van der Waals surface area (Å²) in [6.07, 6.45) is -2.23. The first-order valence-corrected chi connectivity index (χ1v) is 2.80. The Morgan fingerprint density at radius 1 is 1.64 bits per heavy atom. The van der Waals surface area contributed by atoms with Crippen molar-refractivity contribution in [3.63, 3.8) is 0 Å². The normalized spacial score (nSPS) is 25.6. The number of hydrogen-bond acceptors (Lipinski definition) is 3. The Hall–Kier alpha value is -0.750. The first-order chi connectivity index (χ1) is 4.99. The molecular formula is C5H6F3N2O. The van der Waals surface area contributed by atoms with E-state index in [9.17, 15) is 13.2 Å². The van der Waals surface area contributed by atoms with E-state index in [1.165, 1.54) is 13.2 Å². The van der Waals surface area contributed by atoms with Gasteiger partial charge in [0.25, 0.3) is 0 Å². The minimum atomic E-state index is -4.62. The summed E-state index contributed by atoms with van der Waals surface area (Å²) in [5.41, 5.74) is 2.46. The Kier molecular flexibility index (Phi) is 2.05. The van der Waals surface area contributed by atoms with Crippen LogP contribution in [0.15, 0.2) is 6.20 Å². The van der Waals surface area contributed by atoms with Crippen LogP contribution in [0, 0.1) is 6.08 Å². The molecule has 3 nitrogen and oxygen atoms in total. The highest BCUT2D eigenvalue weighted by Crippen LogP contribution is 2.20. The number of ether oxygens (including phenoxy) is 1. The lowest BCUT2D eigenvalue weighted by Crippen LogP contribution is -2.38. The second-order valence-electron chi connectivity index (χ2n) is 1.97. The van der Waals surface area contributed by atoms with Gasteiger partial charge in [-0.1, -0.05) is 0 Å². The Labute approximate surface area is 61.4 Å². The van der Waals surface area contributed by atoms with Gasteiger partial charge in [-0.15, -0.1) is 13.2 Å². The molecule has 0 saturated heterocycles.